The van der Waals surface area contributed by atoms with E-state index in [0.717, 1.165) is 4.90 Å². The van der Waals surface area contributed by atoms with Crippen molar-refractivity contribution < 1.29 is 42.9 Å². The molecule has 2 saturated heterocycles. The lowest BCUT2D eigenvalue weighted by atomic mass is 9.78. The van der Waals surface area contributed by atoms with Crippen LogP contribution in [0.15, 0.2) is 50.6 Å². The van der Waals surface area contributed by atoms with Crippen LogP contribution in [0.5, 0.6) is 0 Å². The van der Waals surface area contributed by atoms with Crippen molar-refractivity contribution in [2.24, 2.45) is 10.8 Å². The zero-order chi connectivity index (χ0) is 39.8. The molecule has 2 heterocycles. The molecular formula is C40H64N2O9. The molecule has 0 unspecified atom stereocenters. The summed E-state index contributed by atoms with van der Waals surface area (Å²) in [6, 6.07) is -1.69. The molecule has 3 amide bonds. The van der Waals surface area contributed by atoms with Gasteiger partial charge in [-0.05, 0) is 127 Å². The number of carbonyl (C=O) groups is 5. The first-order valence-corrected chi connectivity index (χ1v) is 17.5. The Morgan fingerprint density at radius 3 is 1.35 bits per heavy atom. The van der Waals surface area contributed by atoms with Crippen molar-refractivity contribution in [3.8, 4) is 0 Å². The second kappa shape index (κ2) is 17.1. The van der Waals surface area contributed by atoms with E-state index in [-0.39, 0.29) is 11.8 Å². The zero-order valence-electron chi connectivity index (χ0n) is 33.3. The molecule has 0 N–H and O–H groups in total. The molecule has 0 aliphatic carbocycles. The summed E-state index contributed by atoms with van der Waals surface area (Å²) < 4.78 is 21.8. The molecule has 0 aromatic carbocycles. The fraction of sp³-hybridized carbons (Fsp3) is 0.675. The highest BCUT2D eigenvalue weighted by Crippen LogP contribution is 2.45. The monoisotopic (exact) mass is 716 g/mol. The average Bonchev–Trinajstić information content (AvgIpc) is 3.43. The minimum Gasteiger partial charge on any atom is -0.458 e. The number of hydrogen-bond acceptors (Lipinski definition) is 9. The lowest BCUT2D eigenvalue weighted by Crippen LogP contribution is -2.48. The third kappa shape index (κ3) is 13.6. The van der Waals surface area contributed by atoms with Crippen molar-refractivity contribution in [1.82, 2.24) is 9.80 Å². The molecule has 0 saturated carbocycles. The van der Waals surface area contributed by atoms with E-state index < -0.39 is 69.9 Å². The van der Waals surface area contributed by atoms with Crippen LogP contribution in [0.3, 0.4) is 0 Å². The predicted molar refractivity (Wildman–Crippen MR) is 199 cm³/mol. The van der Waals surface area contributed by atoms with Crippen molar-refractivity contribution in [1.29, 1.82) is 0 Å². The Morgan fingerprint density at radius 2 is 0.980 bits per heavy atom. The van der Waals surface area contributed by atoms with E-state index >= 15 is 0 Å². The van der Waals surface area contributed by atoms with E-state index in [9.17, 15) is 24.0 Å². The molecule has 0 bridgehead atoms. The molecule has 0 aromatic rings. The number of imide groups is 1. The quantitative estimate of drug-likeness (QED) is 0.124. The second-order valence-electron chi connectivity index (χ2n) is 17.5. The first kappa shape index (κ1) is 45.1. The van der Waals surface area contributed by atoms with Crippen LogP contribution in [0, 0.1) is 10.8 Å². The van der Waals surface area contributed by atoms with Crippen LogP contribution < -0.4 is 0 Å². The number of ether oxygens (including phenoxy) is 4. The minimum atomic E-state index is -1.03. The fourth-order valence-corrected chi connectivity index (χ4v) is 6.14. The Bertz CT molecular complexity index is 1260. The van der Waals surface area contributed by atoms with Gasteiger partial charge in [0.25, 0.3) is 0 Å². The highest BCUT2D eigenvalue weighted by molar-refractivity contribution is 6.02. The number of carbonyl (C=O) groups excluding carboxylic acids is 5. The molecule has 0 radical (unpaired) electrons. The maximum atomic E-state index is 13.1. The number of nitrogens with zero attached hydrogens (tertiary/aromatic N) is 2. The summed E-state index contributed by atoms with van der Waals surface area (Å²) in [5.74, 6) is -1.47. The number of rotatable bonds is 10. The smallest absolute Gasteiger partial charge is 0.417 e. The first-order valence-electron chi connectivity index (χ1n) is 17.5. The molecule has 2 aliphatic heterocycles. The van der Waals surface area contributed by atoms with E-state index in [4.69, 9.17) is 18.9 Å². The van der Waals surface area contributed by atoms with E-state index in [1.54, 1.807) is 53.7 Å². The van der Waals surface area contributed by atoms with Crippen LogP contribution in [-0.2, 0) is 33.3 Å². The van der Waals surface area contributed by atoms with Gasteiger partial charge in [-0.3, -0.25) is 9.69 Å². The molecule has 0 aromatic heterocycles. The van der Waals surface area contributed by atoms with Gasteiger partial charge in [-0.15, -0.1) is 26.3 Å². The Hall–Kier alpha value is -3.89. The molecule has 51 heavy (non-hydrogen) atoms. The highest BCUT2D eigenvalue weighted by Gasteiger charge is 2.57. The van der Waals surface area contributed by atoms with Crippen molar-refractivity contribution in [3.63, 3.8) is 0 Å². The van der Waals surface area contributed by atoms with Gasteiger partial charge in [0, 0.05) is 6.54 Å². The van der Waals surface area contributed by atoms with E-state index in [1.165, 1.54) is 4.90 Å². The van der Waals surface area contributed by atoms with Gasteiger partial charge < -0.3 is 18.9 Å². The average molecular weight is 717 g/mol. The van der Waals surface area contributed by atoms with Gasteiger partial charge in [0.05, 0.1) is 5.41 Å². The number of allylic oxidation sites excluding steroid dienone is 4. The fourth-order valence-electron chi connectivity index (χ4n) is 6.14. The third-order valence-corrected chi connectivity index (χ3v) is 7.88. The van der Waals surface area contributed by atoms with Crippen molar-refractivity contribution in [3.05, 3.63) is 50.6 Å². The Balaban J connectivity index is 0.000000510. The Kier molecular flexibility index (Phi) is 15.1. The molecule has 288 valence electrons. The summed E-state index contributed by atoms with van der Waals surface area (Å²) in [6.45, 7) is 36.7. The van der Waals surface area contributed by atoms with Crippen LogP contribution in [-0.4, -0.2) is 80.9 Å². The summed E-state index contributed by atoms with van der Waals surface area (Å²) in [4.78, 5) is 66.3. The molecular weight excluding hydrogens is 652 g/mol. The summed E-state index contributed by atoms with van der Waals surface area (Å²) in [6.07, 6.45) is 8.27. The summed E-state index contributed by atoms with van der Waals surface area (Å²) in [7, 11) is 0. The van der Waals surface area contributed by atoms with Crippen LogP contribution in [0.2, 0.25) is 0 Å². The molecule has 11 heteroatoms. The molecule has 0 spiro atoms. The molecule has 2 rings (SSSR count). The number of esters is 2. The largest absolute Gasteiger partial charge is 0.458 e. The SMILES string of the molecule is C=CCC1(CC=C)C[C@@H](C(=O)OC(C)(C)C)N(C(=O)OC(C)(C)C)C1.C=CCC1(CC=C)C[C@@H](C(=O)OC(C)(C)C)N(C(=O)OC(C)(C)C)C1=O. The highest BCUT2D eigenvalue weighted by atomic mass is 16.6. The lowest BCUT2D eigenvalue weighted by Gasteiger charge is -2.30. The Labute approximate surface area is 306 Å². The van der Waals surface area contributed by atoms with Gasteiger partial charge in [-0.1, -0.05) is 24.3 Å². The van der Waals surface area contributed by atoms with Crippen LogP contribution in [0.4, 0.5) is 9.59 Å². The molecule has 11 nitrogen and oxygen atoms in total. The van der Waals surface area contributed by atoms with Crippen LogP contribution in [0.1, 0.15) is 122 Å². The minimum absolute atomic E-state index is 0.151. The number of amides is 3. The molecule has 2 atom stereocenters. The van der Waals surface area contributed by atoms with Crippen LogP contribution in [0.25, 0.3) is 0 Å². The van der Waals surface area contributed by atoms with E-state index in [2.05, 4.69) is 26.3 Å². The van der Waals surface area contributed by atoms with Gasteiger partial charge in [0.1, 0.15) is 34.5 Å². The van der Waals surface area contributed by atoms with Gasteiger partial charge in [-0.25, -0.2) is 24.1 Å². The van der Waals surface area contributed by atoms with Gasteiger partial charge in [0.2, 0.25) is 5.91 Å². The predicted octanol–water partition coefficient (Wildman–Crippen LogP) is 8.48. The lowest BCUT2D eigenvalue weighted by molar-refractivity contribution is -0.162. The summed E-state index contributed by atoms with van der Waals surface area (Å²) in [5.41, 5.74) is -3.97. The number of hydrogen-bond donors (Lipinski definition) is 0. The van der Waals surface area contributed by atoms with E-state index in [0.29, 0.717) is 38.6 Å². The van der Waals surface area contributed by atoms with Gasteiger partial charge in [0.15, 0.2) is 0 Å². The topological polar surface area (TPSA) is 129 Å². The zero-order valence-corrected chi connectivity index (χ0v) is 33.3. The van der Waals surface area contributed by atoms with Crippen molar-refractivity contribution in [2.45, 2.75) is 156 Å². The Morgan fingerprint density at radius 1 is 0.608 bits per heavy atom. The van der Waals surface area contributed by atoms with E-state index in [1.807, 2.05) is 53.7 Å². The number of likely N-dealkylation sites (tertiary alicyclic amines) is 2. The van der Waals surface area contributed by atoms with Crippen molar-refractivity contribution >= 4 is 30.0 Å². The molecule has 2 aliphatic rings. The van der Waals surface area contributed by atoms with Crippen molar-refractivity contribution in [2.75, 3.05) is 6.54 Å². The van der Waals surface area contributed by atoms with Crippen LogP contribution >= 0.6 is 0 Å². The third-order valence-electron chi connectivity index (χ3n) is 7.88. The maximum absolute atomic E-state index is 13.1. The maximum Gasteiger partial charge on any atom is 0.417 e. The van der Waals surface area contributed by atoms with Gasteiger partial charge >= 0.3 is 24.1 Å². The van der Waals surface area contributed by atoms with Gasteiger partial charge in [-0.2, -0.15) is 0 Å². The normalized spacial score (nSPS) is 20.0. The standard InChI is InChI=1S/C20H31NO5.C20H33NO4/c1-9-11-20(12-10-2)13-14(15(22)25-18(3,4)5)21(16(20)23)17(24)26-19(6,7)8;1-9-11-20(12-10-2)13-15(16(22)24-18(3,4)5)21(14-20)17(23)25-19(6,7)8/h9-10,14H,1-2,11-13H2,3-8H3;9-10,15H,1-2,11-14H2,3-8H3/t14-;15-/m00/s1. The second-order valence-corrected chi connectivity index (χ2v) is 17.5. The summed E-state index contributed by atoms with van der Waals surface area (Å²) in [5, 5.41) is 0. The molecule has 2 fully saturated rings. The summed E-state index contributed by atoms with van der Waals surface area (Å²) >= 11 is 0. The first-order chi connectivity index (χ1) is 23.1.